The molecule has 7 nitrogen and oxygen atoms in total. The van der Waals surface area contributed by atoms with E-state index >= 15 is 0 Å². The molecule has 140 valence electrons. The lowest BCUT2D eigenvalue weighted by Crippen LogP contribution is -2.14. The fraction of sp³-hybridized carbons (Fsp3) is 0.188. The molecule has 0 atom stereocenters. The van der Waals surface area contributed by atoms with Crippen molar-refractivity contribution >= 4 is 43.1 Å². The number of ether oxygens (including phenoxy) is 1. The van der Waals surface area contributed by atoms with E-state index in [9.17, 15) is 21.6 Å². The number of nitrogens with one attached hydrogen (secondary N) is 1. The lowest BCUT2D eigenvalue weighted by atomic mass is 10.2. The minimum Gasteiger partial charge on any atom is -0.462 e. The van der Waals surface area contributed by atoms with Crippen LogP contribution in [0.3, 0.4) is 0 Å². The first-order valence-corrected chi connectivity index (χ1v) is 11.1. The molecular formula is C16H16ClNO6S2. The van der Waals surface area contributed by atoms with Crippen LogP contribution in [0.15, 0.2) is 52.3 Å². The van der Waals surface area contributed by atoms with Gasteiger partial charge in [-0.2, -0.15) is 0 Å². The van der Waals surface area contributed by atoms with E-state index in [0.29, 0.717) is 0 Å². The van der Waals surface area contributed by atoms with Crippen LogP contribution in [0.5, 0.6) is 0 Å². The van der Waals surface area contributed by atoms with Gasteiger partial charge in [0.2, 0.25) is 0 Å². The highest BCUT2D eigenvalue weighted by atomic mass is 35.5. The van der Waals surface area contributed by atoms with Crippen LogP contribution in [0.1, 0.15) is 17.3 Å². The van der Waals surface area contributed by atoms with Crippen LogP contribution < -0.4 is 4.72 Å². The van der Waals surface area contributed by atoms with Gasteiger partial charge in [-0.3, -0.25) is 4.72 Å². The fourth-order valence-corrected chi connectivity index (χ4v) is 3.91. The Morgan fingerprint density at radius 2 is 1.62 bits per heavy atom. The van der Waals surface area contributed by atoms with Gasteiger partial charge in [-0.1, -0.05) is 11.6 Å². The molecule has 0 saturated carbocycles. The number of esters is 1. The van der Waals surface area contributed by atoms with Crippen molar-refractivity contribution in [3.63, 3.8) is 0 Å². The molecule has 0 bridgehead atoms. The highest BCUT2D eigenvalue weighted by molar-refractivity contribution is 7.92. The largest absolute Gasteiger partial charge is 0.462 e. The molecule has 0 amide bonds. The minimum absolute atomic E-state index is 0.00698. The summed E-state index contributed by atoms with van der Waals surface area (Å²) >= 11 is 5.94. The maximum atomic E-state index is 12.4. The van der Waals surface area contributed by atoms with Crippen LogP contribution in [0, 0.1) is 0 Å². The maximum Gasteiger partial charge on any atom is 0.339 e. The van der Waals surface area contributed by atoms with E-state index in [-0.39, 0.29) is 32.7 Å². The lowest BCUT2D eigenvalue weighted by molar-refractivity contribution is 0.0526. The van der Waals surface area contributed by atoms with Crippen LogP contribution in [0.4, 0.5) is 5.69 Å². The number of anilines is 1. The van der Waals surface area contributed by atoms with E-state index in [1.54, 1.807) is 6.92 Å². The van der Waals surface area contributed by atoms with Crippen LogP contribution in [0.2, 0.25) is 5.02 Å². The van der Waals surface area contributed by atoms with Crippen molar-refractivity contribution in [1.29, 1.82) is 0 Å². The first-order chi connectivity index (χ1) is 12.0. The molecule has 0 aliphatic carbocycles. The molecule has 0 fully saturated rings. The average Bonchev–Trinajstić information content (AvgIpc) is 2.56. The zero-order chi connectivity index (χ0) is 19.5. The topological polar surface area (TPSA) is 107 Å². The molecular weight excluding hydrogens is 402 g/mol. The zero-order valence-corrected chi connectivity index (χ0v) is 16.3. The quantitative estimate of drug-likeness (QED) is 0.724. The molecule has 0 aliphatic heterocycles. The third-order valence-electron chi connectivity index (χ3n) is 3.28. The van der Waals surface area contributed by atoms with Gasteiger partial charge in [-0.15, -0.1) is 0 Å². The van der Waals surface area contributed by atoms with Gasteiger partial charge >= 0.3 is 5.97 Å². The Balaban J connectivity index is 2.32. The number of hydrogen-bond acceptors (Lipinski definition) is 6. The summed E-state index contributed by atoms with van der Waals surface area (Å²) in [6, 6.07) is 8.81. The highest BCUT2D eigenvalue weighted by Gasteiger charge is 2.18. The van der Waals surface area contributed by atoms with Gasteiger partial charge in [0, 0.05) is 11.9 Å². The zero-order valence-electron chi connectivity index (χ0n) is 13.9. The summed E-state index contributed by atoms with van der Waals surface area (Å²) in [5.74, 6) is -0.670. The van der Waals surface area contributed by atoms with Crippen LogP contribution in [0.25, 0.3) is 0 Å². The van der Waals surface area contributed by atoms with E-state index < -0.39 is 25.8 Å². The Morgan fingerprint density at radius 1 is 1.04 bits per heavy atom. The molecule has 2 aromatic rings. The van der Waals surface area contributed by atoms with Crippen molar-refractivity contribution in [1.82, 2.24) is 0 Å². The first-order valence-electron chi connectivity index (χ1n) is 7.34. The molecule has 10 heteroatoms. The van der Waals surface area contributed by atoms with Gasteiger partial charge in [0.1, 0.15) is 0 Å². The second-order valence-corrected chi connectivity index (χ2v) is 9.37. The molecule has 26 heavy (non-hydrogen) atoms. The van der Waals surface area contributed by atoms with Crippen LogP contribution in [-0.4, -0.2) is 35.7 Å². The summed E-state index contributed by atoms with van der Waals surface area (Å²) in [7, 11) is -7.41. The summed E-state index contributed by atoms with van der Waals surface area (Å²) < 4.78 is 55.0. The third-order valence-corrected chi connectivity index (χ3v) is 6.13. The van der Waals surface area contributed by atoms with Gasteiger partial charge in [0.25, 0.3) is 10.0 Å². The summed E-state index contributed by atoms with van der Waals surface area (Å²) in [5.41, 5.74) is 0.144. The number of halogens is 1. The SMILES string of the molecule is CCOC(=O)c1cc(NS(=O)(=O)c2ccc(S(C)(=O)=O)cc2)ccc1Cl. The molecule has 0 heterocycles. The second-order valence-electron chi connectivity index (χ2n) is 5.26. The summed E-state index contributed by atoms with van der Waals surface area (Å²) in [4.78, 5) is 11.7. The predicted molar refractivity (Wildman–Crippen MR) is 97.8 cm³/mol. The Kier molecular flexibility index (Phi) is 5.94. The summed E-state index contributed by atoms with van der Waals surface area (Å²) in [5, 5.41) is 0.129. The van der Waals surface area contributed by atoms with Crippen molar-refractivity contribution in [2.75, 3.05) is 17.6 Å². The molecule has 0 aromatic heterocycles. The van der Waals surface area contributed by atoms with Crippen molar-refractivity contribution in [2.45, 2.75) is 16.7 Å². The predicted octanol–water partition coefficient (Wildman–Crippen LogP) is 2.72. The molecule has 1 N–H and O–H groups in total. The second kappa shape index (κ2) is 7.65. The molecule has 0 radical (unpaired) electrons. The fourth-order valence-electron chi connectivity index (χ4n) is 2.03. The van der Waals surface area contributed by atoms with Crippen molar-refractivity contribution in [3.8, 4) is 0 Å². The van der Waals surface area contributed by atoms with Gasteiger partial charge < -0.3 is 4.74 Å². The van der Waals surface area contributed by atoms with E-state index in [1.165, 1.54) is 42.5 Å². The molecule has 0 unspecified atom stereocenters. The minimum atomic E-state index is -3.98. The van der Waals surface area contributed by atoms with E-state index in [4.69, 9.17) is 16.3 Å². The highest BCUT2D eigenvalue weighted by Crippen LogP contribution is 2.24. The molecule has 0 saturated heterocycles. The Bertz CT molecular complexity index is 1030. The maximum absolute atomic E-state index is 12.4. The molecule has 0 aliphatic rings. The van der Waals surface area contributed by atoms with E-state index in [0.717, 1.165) is 6.26 Å². The summed E-state index contributed by atoms with van der Waals surface area (Å²) in [6.07, 6.45) is 1.03. The first kappa shape index (κ1) is 20.2. The van der Waals surface area contributed by atoms with Gasteiger partial charge in [-0.05, 0) is 49.4 Å². The van der Waals surface area contributed by atoms with Crippen molar-refractivity contribution < 1.29 is 26.4 Å². The Morgan fingerprint density at radius 3 is 2.15 bits per heavy atom. The number of sulfonamides is 1. The van der Waals surface area contributed by atoms with E-state index in [1.807, 2.05) is 0 Å². The third kappa shape index (κ3) is 4.75. The summed E-state index contributed by atoms with van der Waals surface area (Å²) in [6.45, 7) is 1.79. The van der Waals surface area contributed by atoms with E-state index in [2.05, 4.69) is 4.72 Å². The monoisotopic (exact) mass is 417 g/mol. The van der Waals surface area contributed by atoms with Crippen LogP contribution in [-0.2, 0) is 24.6 Å². The lowest BCUT2D eigenvalue weighted by Gasteiger charge is -2.11. The van der Waals surface area contributed by atoms with Gasteiger partial charge in [0.15, 0.2) is 9.84 Å². The molecule has 2 aromatic carbocycles. The average molecular weight is 418 g/mol. The number of benzene rings is 2. The normalized spacial score (nSPS) is 11.8. The number of carbonyl (C=O) groups is 1. The Labute approximate surface area is 156 Å². The Hall–Kier alpha value is -2.10. The number of carbonyl (C=O) groups excluding carboxylic acids is 1. The van der Waals surface area contributed by atoms with Gasteiger partial charge in [0.05, 0.1) is 27.0 Å². The van der Waals surface area contributed by atoms with Crippen molar-refractivity contribution in [3.05, 3.63) is 53.1 Å². The number of hydrogen-bond donors (Lipinski definition) is 1. The number of sulfone groups is 1. The molecule has 2 rings (SSSR count). The van der Waals surface area contributed by atoms with Crippen molar-refractivity contribution in [2.24, 2.45) is 0 Å². The van der Waals surface area contributed by atoms with Crippen LogP contribution >= 0.6 is 11.6 Å². The standard InChI is InChI=1S/C16H16ClNO6S2/c1-3-24-16(19)14-10-11(4-9-15(14)17)18-26(22,23)13-7-5-12(6-8-13)25(2,20)21/h4-10,18H,3H2,1-2H3. The van der Waals surface area contributed by atoms with Gasteiger partial charge in [-0.25, -0.2) is 21.6 Å². The number of rotatable bonds is 6. The smallest absolute Gasteiger partial charge is 0.339 e. The molecule has 0 spiro atoms.